The maximum atomic E-state index is 5.35. The van der Waals surface area contributed by atoms with Crippen molar-refractivity contribution in [2.24, 2.45) is 5.73 Å². The van der Waals surface area contributed by atoms with Gasteiger partial charge in [0.2, 0.25) is 0 Å². The Morgan fingerprint density at radius 3 is 1.91 bits per heavy atom. The average Bonchev–Trinajstić information content (AvgIpc) is 2.08. The topological polar surface area (TPSA) is 26.0 Å². The van der Waals surface area contributed by atoms with Crippen molar-refractivity contribution in [1.82, 2.24) is 0 Å². The van der Waals surface area contributed by atoms with Crippen molar-refractivity contribution in [1.29, 1.82) is 0 Å². The van der Waals surface area contributed by atoms with Crippen molar-refractivity contribution < 1.29 is 0 Å². The summed E-state index contributed by atoms with van der Waals surface area (Å²) in [5.41, 5.74) is 6.54. The predicted octanol–water partition coefficient (Wildman–Crippen LogP) is 2.54. The van der Waals surface area contributed by atoms with Crippen molar-refractivity contribution in [3.63, 3.8) is 0 Å². The van der Waals surface area contributed by atoms with Crippen molar-refractivity contribution in [3.05, 3.63) is 35.9 Å². The number of benzene rings is 1. The molecule has 1 aromatic rings. The van der Waals surface area contributed by atoms with Gasteiger partial charge in [0.15, 0.2) is 0 Å². The molecule has 0 saturated carbocycles. The fourth-order valence-electron chi connectivity index (χ4n) is 0.614. The number of halogens is 2. The first kappa shape index (κ1) is 12.6. The third kappa shape index (κ3) is 7.91. The second kappa shape index (κ2) is 9.65. The van der Waals surface area contributed by atoms with E-state index in [4.69, 9.17) is 5.73 Å². The summed E-state index contributed by atoms with van der Waals surface area (Å²) in [6, 6.07) is 9.99. The Hall–Kier alpha value is 1.56. The van der Waals surface area contributed by atoms with Gasteiger partial charge < -0.3 is 5.73 Å². The van der Waals surface area contributed by atoms with E-state index in [0.29, 0.717) is 6.54 Å². The minimum atomic E-state index is 0.0233. The first-order chi connectivity index (χ1) is 5.35. The van der Waals surface area contributed by atoms with Crippen LogP contribution in [0.25, 0.3) is 0 Å². The van der Waals surface area contributed by atoms with E-state index >= 15 is 0 Å². The Bertz CT molecular complexity index is 169. The van der Waals surface area contributed by atoms with Gasteiger partial charge in [-0.15, -0.1) is 0 Å². The van der Waals surface area contributed by atoms with Crippen molar-refractivity contribution in [2.75, 3.05) is 0 Å². The van der Waals surface area contributed by atoms with Crippen LogP contribution >= 0.6 is 35.5 Å². The molecule has 2 radical (unpaired) electrons. The Labute approximate surface area is 97.6 Å². The standard InChI is InChI=1S/C7H9N.2HI.Pb/c8-6-7-4-2-1-3-5-7;;;/h1-5H,6,8H2;2*1H;/q;;;+2/p-2. The molecule has 0 bridgehead atoms. The van der Waals surface area contributed by atoms with Gasteiger partial charge in [-0.05, 0) is 5.56 Å². The molecule has 0 amide bonds. The molecule has 0 aliphatic rings. The summed E-state index contributed by atoms with van der Waals surface area (Å²) in [6.45, 7) is 0.640. The molecule has 0 heterocycles. The molecule has 0 aliphatic carbocycles. The van der Waals surface area contributed by atoms with E-state index in [-0.39, 0.29) is 15.6 Å². The molecule has 2 N–H and O–H groups in total. The summed E-state index contributed by atoms with van der Waals surface area (Å²) in [6.07, 6.45) is 0. The first-order valence-corrected chi connectivity index (χ1v) is 24.9. The van der Waals surface area contributed by atoms with Gasteiger partial charge >= 0.3 is 51.2 Å². The van der Waals surface area contributed by atoms with Crippen LogP contribution in [0.2, 0.25) is 0 Å². The number of hydrogen-bond acceptors (Lipinski definition) is 1. The Balaban J connectivity index is 0.000000292. The van der Waals surface area contributed by atoms with Gasteiger partial charge in [0.05, 0.1) is 0 Å². The molecule has 0 aliphatic heterocycles. The predicted molar refractivity (Wildman–Crippen MR) is 68.1 cm³/mol. The molecule has 1 rings (SSSR count). The number of nitrogens with two attached hydrogens (primary N) is 1. The summed E-state index contributed by atoms with van der Waals surface area (Å²) in [5, 5.41) is 0. The molecule has 0 aromatic heterocycles. The van der Waals surface area contributed by atoms with Gasteiger partial charge in [-0.3, -0.25) is 0 Å². The first-order valence-electron chi connectivity index (χ1n) is 3.05. The number of hydrogen-bond donors (Lipinski definition) is 1. The quantitative estimate of drug-likeness (QED) is 0.410. The van der Waals surface area contributed by atoms with Crippen LogP contribution in [-0.2, 0) is 6.54 Å². The summed E-state index contributed by atoms with van der Waals surface area (Å²) in [7, 11) is 0. The van der Waals surface area contributed by atoms with Crippen LogP contribution < -0.4 is 5.73 Å². The molecule has 11 heavy (non-hydrogen) atoms. The SMILES string of the molecule is NCc1ccccc1.[I][Pb][I]. The summed E-state index contributed by atoms with van der Waals surface area (Å²) >= 11 is 4.96. The van der Waals surface area contributed by atoms with Crippen LogP contribution in [-0.4, -0.2) is 15.6 Å². The van der Waals surface area contributed by atoms with Crippen LogP contribution in [0, 0.1) is 0 Å². The van der Waals surface area contributed by atoms with Gasteiger partial charge in [-0.1, -0.05) is 30.3 Å². The monoisotopic (exact) mass is 569 g/mol. The molecule has 0 atom stereocenters. The van der Waals surface area contributed by atoms with Crippen LogP contribution in [0.5, 0.6) is 0 Å². The minimum absolute atomic E-state index is 0.0233. The van der Waals surface area contributed by atoms with Gasteiger partial charge in [-0.2, -0.15) is 0 Å². The third-order valence-corrected chi connectivity index (χ3v) is 1.08. The summed E-state index contributed by atoms with van der Waals surface area (Å²) in [4.78, 5) is 0. The van der Waals surface area contributed by atoms with Gasteiger partial charge in [0.1, 0.15) is 0 Å². The zero-order valence-corrected chi connectivity index (χ0v) is 14.1. The van der Waals surface area contributed by atoms with Crippen LogP contribution in [0.15, 0.2) is 30.3 Å². The van der Waals surface area contributed by atoms with Crippen molar-refractivity contribution >= 4 is 51.2 Å². The number of rotatable bonds is 1. The normalized spacial score (nSPS) is 8.27. The molecule has 0 spiro atoms. The molecular weight excluding hydrogens is 559 g/mol. The Kier molecular flexibility index (Phi) is 11.0. The molecule has 0 fully saturated rings. The second-order valence-electron chi connectivity index (χ2n) is 1.76. The van der Waals surface area contributed by atoms with Crippen molar-refractivity contribution in [2.45, 2.75) is 6.54 Å². The Morgan fingerprint density at radius 2 is 1.64 bits per heavy atom. The van der Waals surface area contributed by atoms with Crippen LogP contribution in [0.1, 0.15) is 5.56 Å². The van der Waals surface area contributed by atoms with Crippen LogP contribution in [0.3, 0.4) is 0 Å². The maximum absolute atomic E-state index is 5.35. The van der Waals surface area contributed by atoms with E-state index in [1.807, 2.05) is 30.3 Å². The van der Waals surface area contributed by atoms with Gasteiger partial charge in [-0.25, -0.2) is 0 Å². The van der Waals surface area contributed by atoms with E-state index < -0.39 is 0 Å². The molecule has 1 aromatic carbocycles. The van der Waals surface area contributed by atoms with Crippen molar-refractivity contribution in [3.8, 4) is 0 Å². The third-order valence-electron chi connectivity index (χ3n) is 1.08. The van der Waals surface area contributed by atoms with Gasteiger partial charge in [0.25, 0.3) is 0 Å². The molecule has 60 valence electrons. The summed E-state index contributed by atoms with van der Waals surface area (Å²) < 4.78 is 0. The average molecular weight is 568 g/mol. The molecule has 0 unspecified atom stereocenters. The summed E-state index contributed by atoms with van der Waals surface area (Å²) in [5.74, 6) is 0. The fourth-order valence-corrected chi connectivity index (χ4v) is 0.614. The molecule has 1 nitrogen and oxygen atoms in total. The fraction of sp³-hybridized carbons (Fsp3) is 0.143. The zero-order valence-electron chi connectivity index (χ0n) is 5.93. The zero-order chi connectivity index (χ0) is 8.53. The van der Waals surface area contributed by atoms with E-state index in [1.54, 1.807) is 0 Å². The Morgan fingerprint density at radius 1 is 1.18 bits per heavy atom. The van der Waals surface area contributed by atoms with E-state index in [1.165, 1.54) is 5.56 Å². The van der Waals surface area contributed by atoms with E-state index in [2.05, 4.69) is 35.5 Å². The molecule has 4 heteroatoms. The molecule has 0 saturated heterocycles. The van der Waals surface area contributed by atoms with E-state index in [0.717, 1.165) is 0 Å². The van der Waals surface area contributed by atoms with E-state index in [9.17, 15) is 0 Å². The second-order valence-corrected chi connectivity index (χ2v) is 29.9. The molecular formula is C7H9I2NPb. The van der Waals surface area contributed by atoms with Crippen LogP contribution in [0.4, 0.5) is 0 Å². The van der Waals surface area contributed by atoms with Gasteiger partial charge in [0, 0.05) is 6.54 Å².